The number of halogens is 5. The first-order chi connectivity index (χ1) is 27.0. The highest BCUT2D eigenvalue weighted by Crippen LogP contribution is 2.48. The molecule has 1 aliphatic carbocycles. The summed E-state index contributed by atoms with van der Waals surface area (Å²) in [6.45, 7) is 2.30. The van der Waals surface area contributed by atoms with Crippen molar-refractivity contribution in [1.29, 1.82) is 0 Å². The minimum atomic E-state index is -4.61. The van der Waals surface area contributed by atoms with Gasteiger partial charge in [-0.3, -0.25) is 14.4 Å². The Morgan fingerprint density at radius 3 is 2.04 bits per heavy atom. The van der Waals surface area contributed by atoms with Crippen LogP contribution in [0.5, 0.6) is 6.01 Å². The average molecular weight is 822 g/mol. The number of nitrogens with one attached hydrogen (secondary N) is 5. The summed E-state index contributed by atoms with van der Waals surface area (Å²) in [4.78, 5) is 50.6. The minimum absolute atomic E-state index is 0.00720. The molecule has 0 saturated heterocycles. The first-order valence-corrected chi connectivity index (χ1v) is 18.4. The number of amides is 3. The number of nitrogens with zero attached hydrogens (tertiary/aromatic N) is 3. The molecule has 1 heterocycles. The van der Waals surface area contributed by atoms with E-state index in [0.29, 0.717) is 27.0 Å². The van der Waals surface area contributed by atoms with E-state index < -0.39 is 47.5 Å². The summed E-state index contributed by atoms with van der Waals surface area (Å²) in [5.74, 6) is -2.14. The molecule has 0 unspecified atom stereocenters. The van der Waals surface area contributed by atoms with Crippen LogP contribution in [-0.2, 0) is 15.1 Å². The molecule has 0 atom stereocenters. The number of aromatic nitrogens is 3. The molecule has 3 amide bonds. The maximum absolute atomic E-state index is 13.0. The molecular weight excluding hydrogens is 784 g/mol. The van der Waals surface area contributed by atoms with Crippen LogP contribution in [0, 0.1) is 5.41 Å². The SMILES string of the molecule is CC(C)(CNC(=O)C(=O)Nc1ccc(-c2cccc(Cl)c2)cc1)CNC(=O)c1ccc(Nc2nc(NC3(c4ccc(Cl)cc4)CC3)nc(OCC(F)(F)F)n2)cc1. The van der Waals surface area contributed by atoms with Gasteiger partial charge < -0.3 is 31.3 Å². The normalized spacial score (nSPS) is 13.2. The van der Waals surface area contributed by atoms with Gasteiger partial charge in [0.05, 0.1) is 5.54 Å². The van der Waals surface area contributed by atoms with Crippen LogP contribution in [0.25, 0.3) is 11.1 Å². The molecule has 12 nitrogen and oxygen atoms in total. The summed E-state index contributed by atoms with van der Waals surface area (Å²) >= 11 is 12.1. The number of carbonyl (C=O) groups excluding carboxylic acids is 3. The number of ether oxygens (including phenoxy) is 1. The van der Waals surface area contributed by atoms with E-state index in [1.54, 1.807) is 54.6 Å². The predicted octanol–water partition coefficient (Wildman–Crippen LogP) is 8.14. The van der Waals surface area contributed by atoms with Gasteiger partial charge in [0.15, 0.2) is 6.61 Å². The fraction of sp³-hybridized carbons (Fsp3) is 0.250. The Kier molecular flexibility index (Phi) is 12.2. The van der Waals surface area contributed by atoms with Crippen molar-refractivity contribution in [2.75, 3.05) is 35.6 Å². The van der Waals surface area contributed by atoms with Gasteiger partial charge in [-0.2, -0.15) is 28.1 Å². The quantitative estimate of drug-likeness (QED) is 0.0698. The van der Waals surface area contributed by atoms with Crippen LogP contribution in [0.4, 0.5) is 36.4 Å². The number of hydrogen-bond acceptors (Lipinski definition) is 9. The summed E-state index contributed by atoms with van der Waals surface area (Å²) in [7, 11) is 0. The van der Waals surface area contributed by atoms with Crippen molar-refractivity contribution < 1.29 is 32.3 Å². The van der Waals surface area contributed by atoms with Crippen LogP contribution in [0.1, 0.15) is 42.6 Å². The van der Waals surface area contributed by atoms with Crippen LogP contribution < -0.4 is 31.3 Å². The van der Waals surface area contributed by atoms with Crippen molar-refractivity contribution in [2.45, 2.75) is 38.4 Å². The first kappa shape index (κ1) is 40.7. The zero-order valence-corrected chi connectivity index (χ0v) is 32.1. The maximum Gasteiger partial charge on any atom is 0.422 e. The summed E-state index contributed by atoms with van der Waals surface area (Å²) in [6, 6.07) is 27.2. The third-order valence-electron chi connectivity index (χ3n) is 8.84. The van der Waals surface area contributed by atoms with Gasteiger partial charge in [-0.25, -0.2) is 0 Å². The fourth-order valence-corrected chi connectivity index (χ4v) is 5.91. The zero-order chi connectivity index (χ0) is 40.8. The van der Waals surface area contributed by atoms with E-state index in [0.717, 1.165) is 29.5 Å². The third kappa shape index (κ3) is 11.6. The van der Waals surface area contributed by atoms with E-state index in [1.807, 2.05) is 56.3 Å². The van der Waals surface area contributed by atoms with Gasteiger partial charge in [0, 0.05) is 40.1 Å². The topological polar surface area (TPSA) is 159 Å². The van der Waals surface area contributed by atoms with Crippen LogP contribution in [-0.4, -0.2) is 58.5 Å². The van der Waals surface area contributed by atoms with Gasteiger partial charge >= 0.3 is 24.0 Å². The molecule has 0 aliphatic heterocycles. The lowest BCUT2D eigenvalue weighted by Crippen LogP contribution is -2.44. The van der Waals surface area contributed by atoms with Gasteiger partial charge in [-0.15, -0.1) is 0 Å². The van der Waals surface area contributed by atoms with Gasteiger partial charge in [-0.1, -0.05) is 73.4 Å². The Labute approximate surface area is 336 Å². The highest BCUT2D eigenvalue weighted by Gasteiger charge is 2.45. The largest absolute Gasteiger partial charge is 0.454 e. The highest BCUT2D eigenvalue weighted by atomic mass is 35.5. The Balaban J connectivity index is 1.01. The second-order valence-electron chi connectivity index (χ2n) is 14.2. The Hall–Kier alpha value is -5.93. The standard InChI is InChI=1S/C40H37Cl2F3N8O4/c1-38(2,22-47-33(55)34(56)48-30-14-6-24(7-15-30)26-4-3-5-29(42)20-26)21-46-32(54)25-8-16-31(17-9-25)49-35-50-36(52-37(51-35)57-23-40(43,44)45)53-39(18-19-39)27-10-12-28(41)13-11-27/h3-17,20H,18-19,21-23H2,1-2H3,(H,46,54)(H,47,55)(H,48,56)(H2,49,50,51,52,53). The van der Waals surface area contributed by atoms with Gasteiger partial charge in [0.1, 0.15) is 0 Å². The van der Waals surface area contributed by atoms with E-state index >= 15 is 0 Å². The summed E-state index contributed by atoms with van der Waals surface area (Å²) < 4.78 is 43.8. The van der Waals surface area contributed by atoms with Crippen LogP contribution in [0.2, 0.25) is 10.0 Å². The van der Waals surface area contributed by atoms with E-state index in [1.165, 1.54) is 0 Å². The zero-order valence-electron chi connectivity index (χ0n) is 30.6. The molecule has 0 spiro atoms. The van der Waals surface area contributed by atoms with Crippen molar-refractivity contribution in [2.24, 2.45) is 5.41 Å². The van der Waals surface area contributed by atoms with Crippen LogP contribution >= 0.6 is 23.2 Å². The first-order valence-electron chi connectivity index (χ1n) is 17.7. The molecule has 57 heavy (non-hydrogen) atoms. The number of benzene rings is 4. The number of carbonyl (C=O) groups is 3. The lowest BCUT2D eigenvalue weighted by atomic mass is 9.93. The maximum atomic E-state index is 13.0. The molecule has 1 saturated carbocycles. The smallest absolute Gasteiger partial charge is 0.422 e. The Morgan fingerprint density at radius 1 is 0.737 bits per heavy atom. The highest BCUT2D eigenvalue weighted by molar-refractivity contribution is 6.39. The molecule has 1 aliphatic rings. The van der Waals surface area contributed by atoms with E-state index in [9.17, 15) is 27.6 Å². The molecule has 1 fully saturated rings. The Bertz CT molecular complexity index is 2240. The van der Waals surface area contributed by atoms with Crippen molar-refractivity contribution in [3.63, 3.8) is 0 Å². The summed E-state index contributed by atoms with van der Waals surface area (Å²) in [5, 5.41) is 15.3. The molecule has 1 aromatic heterocycles. The fourth-order valence-electron chi connectivity index (χ4n) is 5.59. The monoisotopic (exact) mass is 820 g/mol. The van der Waals surface area contributed by atoms with Crippen LogP contribution in [0.3, 0.4) is 0 Å². The van der Waals surface area contributed by atoms with Crippen LogP contribution in [0.15, 0.2) is 97.1 Å². The van der Waals surface area contributed by atoms with Crippen molar-refractivity contribution in [1.82, 2.24) is 25.6 Å². The molecule has 4 aromatic carbocycles. The molecule has 6 rings (SSSR count). The molecule has 0 radical (unpaired) electrons. The second-order valence-corrected chi connectivity index (χ2v) is 15.0. The van der Waals surface area contributed by atoms with E-state index in [-0.39, 0.29) is 25.0 Å². The molecule has 5 N–H and O–H groups in total. The number of rotatable bonds is 14. The molecule has 17 heteroatoms. The third-order valence-corrected chi connectivity index (χ3v) is 9.33. The molecule has 0 bridgehead atoms. The Morgan fingerprint density at radius 2 is 1.39 bits per heavy atom. The van der Waals surface area contributed by atoms with Crippen molar-refractivity contribution >= 4 is 64.2 Å². The van der Waals surface area contributed by atoms with Gasteiger partial charge in [0.25, 0.3) is 5.91 Å². The van der Waals surface area contributed by atoms with Gasteiger partial charge in [-0.05, 0) is 95.6 Å². The minimum Gasteiger partial charge on any atom is -0.454 e. The van der Waals surface area contributed by atoms with Crippen molar-refractivity contribution in [3.8, 4) is 17.1 Å². The molecule has 5 aromatic rings. The predicted molar refractivity (Wildman–Crippen MR) is 212 cm³/mol. The molecule has 296 valence electrons. The number of alkyl halides is 3. The molecular formula is C40H37Cl2F3N8O4. The number of hydrogen-bond donors (Lipinski definition) is 5. The van der Waals surface area contributed by atoms with Crippen molar-refractivity contribution in [3.05, 3.63) is 118 Å². The van der Waals surface area contributed by atoms with E-state index in [4.69, 9.17) is 27.9 Å². The number of anilines is 4. The summed E-state index contributed by atoms with van der Waals surface area (Å²) in [5.41, 5.74) is 2.75. The summed E-state index contributed by atoms with van der Waals surface area (Å²) in [6.07, 6.45) is -3.15. The average Bonchev–Trinajstić information content (AvgIpc) is 3.96. The lowest BCUT2D eigenvalue weighted by molar-refractivity contribution is -0.154. The second kappa shape index (κ2) is 17.1. The lowest BCUT2D eigenvalue weighted by Gasteiger charge is -2.25. The van der Waals surface area contributed by atoms with E-state index in [2.05, 4.69) is 41.5 Å². The van der Waals surface area contributed by atoms with Gasteiger partial charge in [0.2, 0.25) is 11.9 Å².